The van der Waals surface area contributed by atoms with Crippen molar-refractivity contribution in [2.45, 2.75) is 19.4 Å². The minimum Gasteiger partial charge on any atom is -0.299 e. The first-order valence-corrected chi connectivity index (χ1v) is 9.35. The molecule has 27 heavy (non-hydrogen) atoms. The molecule has 4 heteroatoms. The molecule has 0 aromatic heterocycles. The molecule has 1 aliphatic heterocycles. The number of Topliss-reactive ketones (excluding diaryl/α,β-unsaturated/α-hetero) is 1. The molecule has 0 N–H and O–H groups in total. The molecule has 0 radical (unpaired) electrons. The molecular formula is C23H21N3O. The van der Waals surface area contributed by atoms with Crippen LogP contribution in [0.25, 0.3) is 0 Å². The molecule has 0 amide bonds. The molecule has 2 fully saturated rings. The molecule has 4 nitrogen and oxygen atoms in total. The van der Waals surface area contributed by atoms with E-state index in [1.165, 1.54) is 5.56 Å². The van der Waals surface area contributed by atoms with Crippen molar-refractivity contribution in [3.05, 3.63) is 71.8 Å². The maximum Gasteiger partial charge on any atom is 0.169 e. The molecule has 2 aliphatic rings. The SMILES string of the molecule is N#CC1(C#N)C(C(=O)c2ccccc2)C12CCN(Cc1ccccc1)CC2. The van der Waals surface area contributed by atoms with Gasteiger partial charge in [0, 0.05) is 17.5 Å². The van der Waals surface area contributed by atoms with Crippen molar-refractivity contribution in [2.75, 3.05) is 13.1 Å². The highest BCUT2D eigenvalue weighted by atomic mass is 16.1. The average Bonchev–Trinajstić information content (AvgIpc) is 3.31. The second kappa shape index (κ2) is 6.65. The summed E-state index contributed by atoms with van der Waals surface area (Å²) in [5, 5.41) is 19.6. The zero-order valence-electron chi connectivity index (χ0n) is 15.1. The van der Waals surface area contributed by atoms with Crippen LogP contribution in [0.3, 0.4) is 0 Å². The van der Waals surface area contributed by atoms with E-state index < -0.39 is 16.7 Å². The van der Waals surface area contributed by atoms with Gasteiger partial charge in [-0.2, -0.15) is 10.5 Å². The van der Waals surface area contributed by atoms with Gasteiger partial charge in [-0.1, -0.05) is 60.7 Å². The van der Waals surface area contributed by atoms with E-state index in [0.29, 0.717) is 18.4 Å². The molecule has 0 bridgehead atoms. The third kappa shape index (κ3) is 2.65. The van der Waals surface area contributed by atoms with Gasteiger partial charge in [0.15, 0.2) is 11.2 Å². The van der Waals surface area contributed by atoms with Gasteiger partial charge in [-0.05, 0) is 31.5 Å². The minimum absolute atomic E-state index is 0.0600. The van der Waals surface area contributed by atoms with Crippen LogP contribution < -0.4 is 0 Å². The summed E-state index contributed by atoms with van der Waals surface area (Å²) in [5.74, 6) is -0.573. The lowest BCUT2D eigenvalue weighted by Gasteiger charge is -2.33. The molecule has 4 rings (SSSR count). The highest BCUT2D eigenvalue weighted by Gasteiger charge is 2.80. The van der Waals surface area contributed by atoms with Gasteiger partial charge in [-0.15, -0.1) is 0 Å². The summed E-state index contributed by atoms with van der Waals surface area (Å²) in [6.45, 7) is 2.47. The summed E-state index contributed by atoms with van der Waals surface area (Å²) in [6, 6.07) is 23.8. The van der Waals surface area contributed by atoms with E-state index in [1.807, 2.05) is 36.4 Å². The van der Waals surface area contributed by atoms with Gasteiger partial charge in [-0.3, -0.25) is 9.69 Å². The summed E-state index contributed by atoms with van der Waals surface area (Å²) in [7, 11) is 0. The molecule has 1 saturated heterocycles. The third-order valence-electron chi connectivity index (χ3n) is 6.36. The molecule has 2 aromatic carbocycles. The molecule has 1 atom stereocenters. The van der Waals surface area contributed by atoms with Crippen LogP contribution in [-0.2, 0) is 6.54 Å². The van der Waals surface area contributed by atoms with E-state index in [4.69, 9.17) is 0 Å². The first-order chi connectivity index (χ1) is 13.2. The fourth-order valence-corrected chi connectivity index (χ4v) is 4.82. The third-order valence-corrected chi connectivity index (χ3v) is 6.36. The van der Waals surface area contributed by atoms with Crippen LogP contribution in [0.2, 0.25) is 0 Å². The Balaban J connectivity index is 1.53. The highest BCUT2D eigenvalue weighted by molar-refractivity contribution is 6.02. The minimum atomic E-state index is -1.18. The van der Waals surface area contributed by atoms with E-state index in [2.05, 4.69) is 29.2 Å². The molecule has 1 spiro atoms. The monoisotopic (exact) mass is 355 g/mol. The van der Waals surface area contributed by atoms with Crippen LogP contribution in [0.15, 0.2) is 60.7 Å². The van der Waals surface area contributed by atoms with Crippen molar-refractivity contribution in [3.63, 3.8) is 0 Å². The van der Waals surface area contributed by atoms with Crippen LogP contribution in [0.4, 0.5) is 0 Å². The standard InChI is InChI=1S/C23H21N3O/c24-16-23(17-25)21(20(27)19-9-5-2-6-10-19)22(23)11-13-26(14-12-22)15-18-7-3-1-4-8-18/h1-10,21H,11-15H2. The molecule has 1 heterocycles. The first-order valence-electron chi connectivity index (χ1n) is 9.35. The van der Waals surface area contributed by atoms with Crippen LogP contribution in [-0.4, -0.2) is 23.8 Å². The Morgan fingerprint density at radius 3 is 2.07 bits per heavy atom. The van der Waals surface area contributed by atoms with E-state index >= 15 is 0 Å². The van der Waals surface area contributed by atoms with Gasteiger partial charge in [0.2, 0.25) is 0 Å². The molecule has 1 unspecified atom stereocenters. The van der Waals surface area contributed by atoms with Gasteiger partial charge in [0.25, 0.3) is 0 Å². The Morgan fingerprint density at radius 2 is 1.52 bits per heavy atom. The predicted molar refractivity (Wildman–Crippen MR) is 101 cm³/mol. The zero-order valence-corrected chi connectivity index (χ0v) is 15.1. The van der Waals surface area contributed by atoms with E-state index in [0.717, 1.165) is 19.6 Å². The van der Waals surface area contributed by atoms with Crippen molar-refractivity contribution in [2.24, 2.45) is 16.7 Å². The fraction of sp³-hybridized carbons (Fsp3) is 0.348. The smallest absolute Gasteiger partial charge is 0.169 e. The lowest BCUT2D eigenvalue weighted by atomic mass is 9.84. The topological polar surface area (TPSA) is 67.9 Å². The zero-order chi connectivity index (χ0) is 18.9. The summed E-state index contributed by atoms with van der Waals surface area (Å²) < 4.78 is 0. The van der Waals surface area contributed by atoms with Crippen LogP contribution in [0.1, 0.15) is 28.8 Å². The molecular weight excluding hydrogens is 334 g/mol. The average molecular weight is 355 g/mol. The van der Waals surface area contributed by atoms with Crippen molar-refractivity contribution in [1.82, 2.24) is 4.90 Å². The van der Waals surface area contributed by atoms with Crippen LogP contribution >= 0.6 is 0 Å². The Hall–Kier alpha value is -2.95. The number of benzene rings is 2. The number of nitrogens with zero attached hydrogens (tertiary/aromatic N) is 3. The number of likely N-dealkylation sites (tertiary alicyclic amines) is 1. The molecule has 134 valence electrons. The number of hydrogen-bond donors (Lipinski definition) is 0. The maximum absolute atomic E-state index is 13.1. The van der Waals surface area contributed by atoms with Crippen molar-refractivity contribution < 1.29 is 4.79 Å². The number of piperidine rings is 1. The maximum atomic E-state index is 13.1. The van der Waals surface area contributed by atoms with Gasteiger partial charge in [0.05, 0.1) is 18.1 Å². The lowest BCUT2D eigenvalue weighted by molar-refractivity contribution is 0.0914. The number of hydrogen-bond acceptors (Lipinski definition) is 4. The van der Waals surface area contributed by atoms with Crippen LogP contribution in [0, 0.1) is 39.4 Å². The van der Waals surface area contributed by atoms with E-state index in [-0.39, 0.29) is 5.78 Å². The van der Waals surface area contributed by atoms with Gasteiger partial charge >= 0.3 is 0 Å². The Labute approximate surface area is 159 Å². The molecule has 1 aliphatic carbocycles. The normalized spacial score (nSPS) is 22.5. The van der Waals surface area contributed by atoms with Gasteiger partial charge in [0.1, 0.15) is 0 Å². The number of nitriles is 2. The summed E-state index contributed by atoms with van der Waals surface area (Å²) in [4.78, 5) is 15.4. The van der Waals surface area contributed by atoms with Crippen molar-refractivity contribution in [3.8, 4) is 12.1 Å². The van der Waals surface area contributed by atoms with Gasteiger partial charge < -0.3 is 0 Å². The fourth-order valence-electron chi connectivity index (χ4n) is 4.82. The second-order valence-corrected chi connectivity index (χ2v) is 7.61. The summed E-state index contributed by atoms with van der Waals surface area (Å²) in [5.41, 5.74) is 0.170. The number of rotatable bonds is 4. The lowest BCUT2D eigenvalue weighted by Crippen LogP contribution is -2.36. The Morgan fingerprint density at radius 1 is 0.963 bits per heavy atom. The number of ketones is 1. The summed E-state index contributed by atoms with van der Waals surface area (Å²) >= 11 is 0. The second-order valence-electron chi connectivity index (χ2n) is 7.61. The number of carbonyl (C=O) groups excluding carboxylic acids is 1. The van der Waals surface area contributed by atoms with Crippen molar-refractivity contribution >= 4 is 5.78 Å². The van der Waals surface area contributed by atoms with Gasteiger partial charge in [-0.25, -0.2) is 0 Å². The number of carbonyl (C=O) groups is 1. The molecule has 1 saturated carbocycles. The quantitative estimate of drug-likeness (QED) is 0.782. The summed E-state index contributed by atoms with van der Waals surface area (Å²) in [6.07, 6.45) is 1.42. The predicted octanol–water partition coefficient (Wildman–Crippen LogP) is 3.82. The van der Waals surface area contributed by atoms with E-state index in [9.17, 15) is 15.3 Å². The molecule has 2 aromatic rings. The Kier molecular flexibility index (Phi) is 4.30. The highest BCUT2D eigenvalue weighted by Crippen LogP contribution is 2.74. The largest absolute Gasteiger partial charge is 0.299 e. The van der Waals surface area contributed by atoms with Crippen molar-refractivity contribution in [1.29, 1.82) is 10.5 Å². The Bertz CT molecular complexity index is 902. The van der Waals surface area contributed by atoms with E-state index in [1.54, 1.807) is 12.1 Å². The van der Waals surface area contributed by atoms with Crippen LogP contribution in [0.5, 0.6) is 0 Å². The first kappa shape index (κ1) is 17.5.